The van der Waals surface area contributed by atoms with E-state index in [1.807, 2.05) is 17.1 Å². The summed E-state index contributed by atoms with van der Waals surface area (Å²) in [6.07, 6.45) is 5.71. The maximum atomic E-state index is 15.0. The molecule has 2 aliphatic rings. The van der Waals surface area contributed by atoms with E-state index in [0.29, 0.717) is 35.6 Å². The second-order valence-corrected chi connectivity index (χ2v) is 8.38. The van der Waals surface area contributed by atoms with Crippen molar-refractivity contribution in [2.45, 2.75) is 12.6 Å². The summed E-state index contributed by atoms with van der Waals surface area (Å²) in [7, 11) is 2.10. The Balaban J connectivity index is 1.24. The van der Waals surface area contributed by atoms with Crippen molar-refractivity contribution in [1.29, 1.82) is 0 Å². The lowest BCUT2D eigenvalue weighted by atomic mass is 10.1. The second-order valence-electron chi connectivity index (χ2n) is 8.38. The summed E-state index contributed by atoms with van der Waals surface area (Å²) in [5.41, 5.74) is 2.20. The number of cyclic esters (lactones) is 1. The van der Waals surface area contributed by atoms with Gasteiger partial charge in [-0.1, -0.05) is 11.3 Å². The van der Waals surface area contributed by atoms with Crippen LogP contribution in [0.4, 0.5) is 14.9 Å². The van der Waals surface area contributed by atoms with Crippen LogP contribution in [-0.4, -0.2) is 88.1 Å². The van der Waals surface area contributed by atoms with Gasteiger partial charge in [0.2, 0.25) is 0 Å². The van der Waals surface area contributed by atoms with Crippen molar-refractivity contribution in [3.05, 3.63) is 60.4 Å². The molecule has 1 amide bonds. The van der Waals surface area contributed by atoms with Crippen LogP contribution >= 0.6 is 0 Å². The maximum absolute atomic E-state index is 15.0. The van der Waals surface area contributed by atoms with Crippen LogP contribution in [0.2, 0.25) is 0 Å². The number of piperazine rings is 1. The van der Waals surface area contributed by atoms with Gasteiger partial charge < -0.3 is 9.64 Å². The quantitative estimate of drug-likeness (QED) is 0.516. The van der Waals surface area contributed by atoms with E-state index in [-0.39, 0.29) is 6.10 Å². The lowest BCUT2D eigenvalue weighted by Crippen LogP contribution is -2.41. The number of halogens is 1. The van der Waals surface area contributed by atoms with E-state index in [9.17, 15) is 9.18 Å². The van der Waals surface area contributed by atoms with Gasteiger partial charge in [-0.15, -0.1) is 5.10 Å². The highest BCUT2D eigenvalue weighted by Gasteiger charge is 2.33. The summed E-state index contributed by atoms with van der Waals surface area (Å²) >= 11 is 0. The van der Waals surface area contributed by atoms with Gasteiger partial charge in [-0.25, -0.2) is 13.9 Å². The predicted molar refractivity (Wildman–Crippen MR) is 124 cm³/mol. The predicted octanol–water partition coefficient (Wildman–Crippen LogP) is 2.09. The number of hydrazone groups is 1. The summed E-state index contributed by atoms with van der Waals surface area (Å²) in [6.45, 7) is 4.43. The van der Waals surface area contributed by atoms with Crippen molar-refractivity contribution in [3.8, 4) is 11.1 Å². The lowest BCUT2D eigenvalue weighted by molar-refractivity contribution is 0.129. The van der Waals surface area contributed by atoms with Gasteiger partial charge in [0.15, 0.2) is 0 Å². The largest absolute Gasteiger partial charge is 0.442 e. The molecule has 4 heterocycles. The third-order valence-corrected chi connectivity index (χ3v) is 5.93. The normalized spacial score (nSPS) is 19.2. The number of hydrogen-bond acceptors (Lipinski definition) is 8. The minimum absolute atomic E-state index is 0.306. The molecule has 176 valence electrons. The molecule has 0 spiro atoms. The van der Waals surface area contributed by atoms with Crippen LogP contribution in [0.15, 0.2) is 54.0 Å². The van der Waals surface area contributed by atoms with Gasteiger partial charge in [-0.05, 0) is 31.3 Å². The van der Waals surface area contributed by atoms with Gasteiger partial charge in [0, 0.05) is 49.7 Å². The molecule has 2 aliphatic heterocycles. The van der Waals surface area contributed by atoms with Gasteiger partial charge in [0.05, 0.1) is 36.9 Å². The standard InChI is InChI=1S/C23H25FN8O2/c1-29-8-10-30(11-9-29)27-14-18-3-2-17(13-25-18)21-5-4-19(12-22(21)24)32-16-20(34-23(32)33)15-31-7-6-26-28-31/h2-7,12-14,20H,8-11,15-16H2,1H3/b27-14+/t20-/m0/s1. The van der Waals surface area contributed by atoms with E-state index in [1.54, 1.807) is 41.6 Å². The first-order valence-electron chi connectivity index (χ1n) is 11.1. The minimum atomic E-state index is -0.511. The van der Waals surface area contributed by atoms with Crippen molar-refractivity contribution in [2.24, 2.45) is 5.10 Å². The van der Waals surface area contributed by atoms with Gasteiger partial charge in [0.1, 0.15) is 11.9 Å². The van der Waals surface area contributed by atoms with Crippen molar-refractivity contribution >= 4 is 18.0 Å². The number of pyridine rings is 1. The molecular weight excluding hydrogens is 439 g/mol. The highest BCUT2D eigenvalue weighted by Crippen LogP contribution is 2.29. The molecule has 2 saturated heterocycles. The zero-order valence-corrected chi connectivity index (χ0v) is 18.8. The summed E-state index contributed by atoms with van der Waals surface area (Å²) in [5, 5.41) is 14.1. The Kier molecular flexibility index (Phi) is 6.17. The molecule has 3 aromatic rings. The fourth-order valence-electron chi connectivity index (χ4n) is 3.97. The number of amides is 1. The zero-order chi connectivity index (χ0) is 23.5. The number of nitrogens with zero attached hydrogens (tertiary/aromatic N) is 8. The van der Waals surface area contributed by atoms with E-state index >= 15 is 0 Å². The van der Waals surface area contributed by atoms with E-state index in [2.05, 4.69) is 32.3 Å². The maximum Gasteiger partial charge on any atom is 0.414 e. The number of benzene rings is 1. The Morgan fingerprint density at radius 1 is 1.21 bits per heavy atom. The van der Waals surface area contributed by atoms with Crippen LogP contribution in [0, 0.1) is 5.82 Å². The van der Waals surface area contributed by atoms with E-state index in [0.717, 1.165) is 26.2 Å². The van der Waals surface area contributed by atoms with Crippen LogP contribution in [0.25, 0.3) is 11.1 Å². The molecule has 0 unspecified atom stereocenters. The van der Waals surface area contributed by atoms with E-state index in [4.69, 9.17) is 4.74 Å². The molecule has 2 aromatic heterocycles. The molecule has 0 saturated carbocycles. The first kappa shape index (κ1) is 22.0. The Bertz CT molecular complexity index is 1160. The molecule has 0 aliphatic carbocycles. The van der Waals surface area contributed by atoms with Crippen molar-refractivity contribution < 1.29 is 13.9 Å². The molecule has 2 fully saturated rings. The van der Waals surface area contributed by atoms with Crippen molar-refractivity contribution in [2.75, 3.05) is 44.7 Å². The molecule has 0 bridgehead atoms. The number of carbonyl (C=O) groups excluding carboxylic acids is 1. The summed E-state index contributed by atoms with van der Waals surface area (Å²) in [5.74, 6) is -0.439. The van der Waals surface area contributed by atoms with Gasteiger partial charge in [-0.2, -0.15) is 5.10 Å². The summed E-state index contributed by atoms with van der Waals surface area (Å²) in [6, 6.07) is 8.33. The number of aromatic nitrogens is 4. The molecule has 11 heteroatoms. The first-order chi connectivity index (χ1) is 16.5. The molecule has 5 rings (SSSR count). The van der Waals surface area contributed by atoms with Crippen molar-refractivity contribution in [3.63, 3.8) is 0 Å². The highest BCUT2D eigenvalue weighted by molar-refractivity contribution is 5.90. The smallest absolute Gasteiger partial charge is 0.414 e. The summed E-state index contributed by atoms with van der Waals surface area (Å²) in [4.78, 5) is 20.4. The van der Waals surface area contributed by atoms with Crippen molar-refractivity contribution in [1.82, 2.24) is 29.9 Å². The van der Waals surface area contributed by atoms with Gasteiger partial charge in [-0.3, -0.25) is 14.9 Å². The average molecular weight is 465 g/mol. The lowest BCUT2D eigenvalue weighted by Gasteiger charge is -2.30. The Morgan fingerprint density at radius 3 is 2.76 bits per heavy atom. The van der Waals surface area contributed by atoms with Crippen LogP contribution in [-0.2, 0) is 11.3 Å². The summed E-state index contributed by atoms with van der Waals surface area (Å²) < 4.78 is 22.0. The molecule has 1 aromatic carbocycles. The number of ether oxygens (including phenoxy) is 1. The SMILES string of the molecule is CN1CCN(/N=C/c2ccc(-c3ccc(N4C[C@H](Cn5ccnn5)OC4=O)cc3F)cn2)CC1. The molecular formula is C23H25FN8O2. The van der Waals surface area contributed by atoms with Crippen LogP contribution < -0.4 is 4.90 Å². The topological polar surface area (TPSA) is 92.0 Å². The average Bonchev–Trinajstić information content (AvgIpc) is 3.49. The molecule has 10 nitrogen and oxygen atoms in total. The zero-order valence-electron chi connectivity index (χ0n) is 18.8. The second kappa shape index (κ2) is 9.56. The Hall–Kier alpha value is -3.86. The van der Waals surface area contributed by atoms with E-state index in [1.165, 1.54) is 11.0 Å². The number of likely N-dealkylation sites (N-methyl/N-ethyl adjacent to an activating group) is 1. The monoisotopic (exact) mass is 464 g/mol. The van der Waals surface area contributed by atoms with Gasteiger partial charge >= 0.3 is 6.09 Å². The Morgan fingerprint density at radius 2 is 2.06 bits per heavy atom. The third-order valence-electron chi connectivity index (χ3n) is 5.93. The third kappa shape index (κ3) is 4.88. The number of rotatable bonds is 6. The molecule has 34 heavy (non-hydrogen) atoms. The molecule has 1 atom stereocenters. The molecule has 0 N–H and O–H groups in total. The van der Waals surface area contributed by atoms with E-state index < -0.39 is 11.9 Å². The number of carbonyl (C=O) groups is 1. The van der Waals surface area contributed by atoms with Crippen LogP contribution in [0.1, 0.15) is 5.69 Å². The molecule has 0 radical (unpaired) electrons. The van der Waals surface area contributed by atoms with Crippen LogP contribution in [0.3, 0.4) is 0 Å². The van der Waals surface area contributed by atoms with Crippen LogP contribution in [0.5, 0.6) is 0 Å². The number of hydrogen-bond donors (Lipinski definition) is 0. The Labute approximate surface area is 196 Å². The highest BCUT2D eigenvalue weighted by atomic mass is 19.1. The first-order valence-corrected chi connectivity index (χ1v) is 11.1. The van der Waals surface area contributed by atoms with Gasteiger partial charge in [0.25, 0.3) is 0 Å². The number of anilines is 1. The fourth-order valence-corrected chi connectivity index (χ4v) is 3.97. The minimum Gasteiger partial charge on any atom is -0.442 e. The fraction of sp³-hybridized carbons (Fsp3) is 0.348.